The summed E-state index contributed by atoms with van der Waals surface area (Å²) in [6.45, 7) is 2.87. The first-order chi connectivity index (χ1) is 9.24. The average Bonchev–Trinajstić information content (AvgIpc) is 2.85. The van der Waals surface area contributed by atoms with Crippen molar-refractivity contribution in [3.05, 3.63) is 47.4 Å². The number of aryl methyl sites for hydroxylation is 2. The van der Waals surface area contributed by atoms with E-state index in [9.17, 15) is 4.79 Å². The molecule has 0 bridgehead atoms. The van der Waals surface area contributed by atoms with Gasteiger partial charge in [-0.15, -0.1) is 0 Å². The molecule has 2 heterocycles. The number of carbonyl (C=O) groups excluding carboxylic acids is 1. The maximum Gasteiger partial charge on any atom is 0.291 e. The molecule has 0 unspecified atom stereocenters. The van der Waals surface area contributed by atoms with Crippen LogP contribution in [0.4, 0.5) is 11.4 Å². The number of carbonyl (C=O) groups is 1. The van der Waals surface area contributed by atoms with Gasteiger partial charge < -0.3 is 15.1 Å². The molecule has 0 spiro atoms. The lowest BCUT2D eigenvalue weighted by molar-refractivity contribution is 0.0996. The molecule has 4 nitrogen and oxygen atoms in total. The molecule has 1 aliphatic heterocycles. The summed E-state index contributed by atoms with van der Waals surface area (Å²) in [5, 5.41) is 6.22. The van der Waals surface area contributed by atoms with Gasteiger partial charge in [0.1, 0.15) is 0 Å². The standard InChI is InChI=1S/C15H16N2O2/c1-10-6-8-19-14(10)15(18)17-12-4-5-13-11(9-12)3-2-7-16-13/h4-6,8-9,16H,2-3,7H2,1H3,(H,17,18). The van der Waals surface area contributed by atoms with E-state index in [0.717, 1.165) is 30.6 Å². The second-order valence-electron chi connectivity index (χ2n) is 4.79. The van der Waals surface area contributed by atoms with E-state index in [-0.39, 0.29) is 5.91 Å². The number of hydrogen-bond acceptors (Lipinski definition) is 3. The predicted molar refractivity (Wildman–Crippen MR) is 74.7 cm³/mol. The topological polar surface area (TPSA) is 54.3 Å². The van der Waals surface area contributed by atoms with Gasteiger partial charge in [-0.1, -0.05) is 0 Å². The van der Waals surface area contributed by atoms with Gasteiger partial charge in [0.2, 0.25) is 0 Å². The number of furan rings is 1. The van der Waals surface area contributed by atoms with Crippen molar-refractivity contribution < 1.29 is 9.21 Å². The lowest BCUT2D eigenvalue weighted by Gasteiger charge is -2.18. The van der Waals surface area contributed by atoms with Crippen LogP contribution in [0.15, 0.2) is 34.9 Å². The van der Waals surface area contributed by atoms with Crippen molar-refractivity contribution in [3.63, 3.8) is 0 Å². The van der Waals surface area contributed by atoms with Crippen LogP contribution in [0.2, 0.25) is 0 Å². The van der Waals surface area contributed by atoms with Crippen molar-refractivity contribution in [2.75, 3.05) is 17.2 Å². The van der Waals surface area contributed by atoms with Crippen LogP contribution in [0.25, 0.3) is 0 Å². The summed E-state index contributed by atoms with van der Waals surface area (Å²) in [6.07, 6.45) is 3.70. The molecule has 0 atom stereocenters. The van der Waals surface area contributed by atoms with Crippen LogP contribution < -0.4 is 10.6 Å². The Hall–Kier alpha value is -2.23. The van der Waals surface area contributed by atoms with Crippen molar-refractivity contribution in [2.24, 2.45) is 0 Å². The third-order valence-electron chi connectivity index (χ3n) is 3.37. The predicted octanol–water partition coefficient (Wildman–Crippen LogP) is 3.20. The normalized spacial score (nSPS) is 13.5. The van der Waals surface area contributed by atoms with Crippen molar-refractivity contribution >= 4 is 17.3 Å². The zero-order chi connectivity index (χ0) is 13.2. The maximum absolute atomic E-state index is 12.0. The summed E-state index contributed by atoms with van der Waals surface area (Å²) < 4.78 is 5.19. The lowest BCUT2D eigenvalue weighted by atomic mass is 10.0. The van der Waals surface area contributed by atoms with E-state index < -0.39 is 0 Å². The van der Waals surface area contributed by atoms with E-state index in [1.54, 1.807) is 6.07 Å². The van der Waals surface area contributed by atoms with E-state index in [4.69, 9.17) is 4.42 Å². The highest BCUT2D eigenvalue weighted by Crippen LogP contribution is 2.25. The molecule has 0 aliphatic carbocycles. The highest BCUT2D eigenvalue weighted by atomic mass is 16.3. The molecule has 4 heteroatoms. The Morgan fingerprint density at radius 3 is 3.05 bits per heavy atom. The smallest absolute Gasteiger partial charge is 0.291 e. The van der Waals surface area contributed by atoms with Gasteiger partial charge in [-0.3, -0.25) is 4.79 Å². The summed E-state index contributed by atoms with van der Waals surface area (Å²) in [5.41, 5.74) is 4.07. The minimum atomic E-state index is -0.203. The van der Waals surface area contributed by atoms with E-state index in [0.29, 0.717) is 5.76 Å². The van der Waals surface area contributed by atoms with Crippen molar-refractivity contribution in [1.82, 2.24) is 0 Å². The van der Waals surface area contributed by atoms with Crippen LogP contribution in [0, 0.1) is 6.92 Å². The fourth-order valence-electron chi connectivity index (χ4n) is 2.35. The Labute approximate surface area is 111 Å². The molecule has 2 aromatic rings. The molecular formula is C15H16N2O2. The third kappa shape index (κ3) is 2.34. The Balaban J connectivity index is 1.80. The maximum atomic E-state index is 12.0. The molecule has 0 radical (unpaired) electrons. The number of benzene rings is 1. The van der Waals surface area contributed by atoms with Crippen LogP contribution in [-0.2, 0) is 6.42 Å². The van der Waals surface area contributed by atoms with Gasteiger partial charge >= 0.3 is 0 Å². The Morgan fingerprint density at radius 1 is 1.37 bits per heavy atom. The Kier molecular flexibility index (Phi) is 2.99. The molecule has 0 saturated heterocycles. The molecular weight excluding hydrogens is 240 g/mol. The number of nitrogens with one attached hydrogen (secondary N) is 2. The summed E-state index contributed by atoms with van der Waals surface area (Å²) in [4.78, 5) is 12.0. The van der Waals surface area contributed by atoms with E-state index in [2.05, 4.69) is 10.6 Å². The number of anilines is 2. The summed E-state index contributed by atoms with van der Waals surface area (Å²) in [5.74, 6) is 0.169. The molecule has 3 rings (SSSR count). The minimum Gasteiger partial charge on any atom is -0.459 e. The number of hydrogen-bond donors (Lipinski definition) is 2. The van der Waals surface area contributed by atoms with Crippen molar-refractivity contribution in [2.45, 2.75) is 19.8 Å². The monoisotopic (exact) mass is 256 g/mol. The summed E-state index contributed by atoms with van der Waals surface area (Å²) in [6, 6.07) is 7.73. The highest BCUT2D eigenvalue weighted by Gasteiger charge is 2.14. The number of amides is 1. The molecule has 0 fully saturated rings. The molecule has 1 aromatic heterocycles. The quantitative estimate of drug-likeness (QED) is 0.867. The summed E-state index contributed by atoms with van der Waals surface area (Å²) in [7, 11) is 0. The zero-order valence-electron chi connectivity index (χ0n) is 10.8. The fraction of sp³-hybridized carbons (Fsp3) is 0.267. The van der Waals surface area contributed by atoms with Crippen LogP contribution >= 0.6 is 0 Å². The summed E-state index contributed by atoms with van der Waals surface area (Å²) >= 11 is 0. The van der Waals surface area contributed by atoms with E-state index in [1.165, 1.54) is 17.5 Å². The zero-order valence-corrected chi connectivity index (χ0v) is 10.8. The largest absolute Gasteiger partial charge is 0.459 e. The Morgan fingerprint density at radius 2 is 2.26 bits per heavy atom. The van der Waals surface area contributed by atoms with Crippen LogP contribution in [-0.4, -0.2) is 12.5 Å². The van der Waals surface area contributed by atoms with Gasteiger partial charge in [0.05, 0.1) is 6.26 Å². The van der Waals surface area contributed by atoms with Gasteiger partial charge in [-0.2, -0.15) is 0 Å². The van der Waals surface area contributed by atoms with Gasteiger partial charge in [-0.25, -0.2) is 0 Å². The number of fused-ring (bicyclic) bond motifs is 1. The van der Waals surface area contributed by atoms with E-state index in [1.807, 2.05) is 25.1 Å². The lowest BCUT2D eigenvalue weighted by Crippen LogP contribution is -2.14. The van der Waals surface area contributed by atoms with Gasteiger partial charge in [0, 0.05) is 23.5 Å². The SMILES string of the molecule is Cc1ccoc1C(=O)Nc1ccc2c(c1)CCCN2. The molecule has 1 aromatic carbocycles. The number of rotatable bonds is 2. The van der Waals surface area contributed by atoms with Crippen LogP contribution in [0.3, 0.4) is 0 Å². The van der Waals surface area contributed by atoms with Crippen LogP contribution in [0.5, 0.6) is 0 Å². The van der Waals surface area contributed by atoms with E-state index >= 15 is 0 Å². The van der Waals surface area contributed by atoms with Crippen molar-refractivity contribution in [1.29, 1.82) is 0 Å². The van der Waals surface area contributed by atoms with Gasteiger partial charge in [0.25, 0.3) is 5.91 Å². The molecule has 2 N–H and O–H groups in total. The second kappa shape index (κ2) is 4.80. The third-order valence-corrected chi connectivity index (χ3v) is 3.37. The molecule has 1 amide bonds. The second-order valence-corrected chi connectivity index (χ2v) is 4.79. The van der Waals surface area contributed by atoms with Crippen molar-refractivity contribution in [3.8, 4) is 0 Å². The Bertz CT molecular complexity index is 616. The highest BCUT2D eigenvalue weighted by molar-refractivity contribution is 6.03. The first-order valence-electron chi connectivity index (χ1n) is 6.46. The minimum absolute atomic E-state index is 0.203. The average molecular weight is 256 g/mol. The molecule has 1 aliphatic rings. The van der Waals surface area contributed by atoms with Gasteiger partial charge in [-0.05, 0) is 49.6 Å². The molecule has 98 valence electrons. The molecule has 19 heavy (non-hydrogen) atoms. The first-order valence-corrected chi connectivity index (χ1v) is 6.46. The molecule has 0 saturated carbocycles. The fourth-order valence-corrected chi connectivity index (χ4v) is 2.35. The first kappa shape index (κ1) is 11.8. The van der Waals surface area contributed by atoms with Gasteiger partial charge in [0.15, 0.2) is 5.76 Å². The van der Waals surface area contributed by atoms with Crippen LogP contribution in [0.1, 0.15) is 28.1 Å².